The molecule has 2 aromatic heterocycles. The van der Waals surface area contributed by atoms with Gasteiger partial charge < -0.3 is 29.3 Å². The Labute approximate surface area is 239 Å². The van der Waals surface area contributed by atoms with Crippen LogP contribution in [0.5, 0.6) is 17.2 Å². The number of ether oxygens (including phenoxy) is 3. The molecule has 2 saturated heterocycles. The van der Waals surface area contributed by atoms with Gasteiger partial charge in [-0.05, 0) is 38.4 Å². The number of halogens is 2. The van der Waals surface area contributed by atoms with Crippen LogP contribution in [-0.2, 0) is 6.61 Å². The molecular weight excluding hydrogens is 532 g/mol. The molecule has 220 valence electrons. The Morgan fingerprint density at radius 2 is 1.56 bits per heavy atom. The van der Waals surface area contributed by atoms with Crippen LogP contribution in [0.15, 0.2) is 30.7 Å². The molecule has 4 heterocycles. The molecule has 10 nitrogen and oxygen atoms in total. The predicted octanol–water partition coefficient (Wildman–Crippen LogP) is 4.01. The van der Waals surface area contributed by atoms with Crippen LogP contribution in [0.25, 0.3) is 0 Å². The lowest BCUT2D eigenvalue weighted by atomic mass is 10.0. The number of aryl methyl sites for hydroxylation is 1. The molecule has 0 spiro atoms. The summed E-state index contributed by atoms with van der Waals surface area (Å²) in [5, 5.41) is 3.12. The summed E-state index contributed by atoms with van der Waals surface area (Å²) in [5.74, 6) is 0.573. The zero-order valence-corrected chi connectivity index (χ0v) is 24.0. The first kappa shape index (κ1) is 28.7. The minimum atomic E-state index is -0.792. The van der Waals surface area contributed by atoms with Crippen molar-refractivity contribution in [3.05, 3.63) is 53.5 Å². The summed E-state index contributed by atoms with van der Waals surface area (Å²) in [5.41, 5.74) is 0.719. The van der Waals surface area contributed by atoms with Gasteiger partial charge in [-0.2, -0.15) is 0 Å². The van der Waals surface area contributed by atoms with Crippen molar-refractivity contribution in [1.82, 2.24) is 24.8 Å². The van der Waals surface area contributed by atoms with Gasteiger partial charge in [0.2, 0.25) is 5.95 Å². The van der Waals surface area contributed by atoms with E-state index in [-0.39, 0.29) is 29.2 Å². The quantitative estimate of drug-likeness (QED) is 0.408. The fraction of sp³-hybridized carbons (Fsp3) is 0.483. The second kappa shape index (κ2) is 12.8. The van der Waals surface area contributed by atoms with Crippen molar-refractivity contribution in [2.75, 3.05) is 70.8 Å². The van der Waals surface area contributed by atoms with E-state index >= 15 is 0 Å². The molecule has 0 aliphatic carbocycles. The zero-order valence-electron chi connectivity index (χ0n) is 24.0. The SMILES string of the molecule is COc1cc(Nc2ncc(OCc3c(F)c(C)cc(OC)c3F)cn2)cnc1N1CCC(N2CCN(C)CC2)CC1. The summed E-state index contributed by atoms with van der Waals surface area (Å²) in [7, 11) is 5.15. The number of pyridine rings is 1. The van der Waals surface area contributed by atoms with Gasteiger partial charge in [0.25, 0.3) is 0 Å². The minimum absolute atomic E-state index is 0.0384. The summed E-state index contributed by atoms with van der Waals surface area (Å²) < 4.78 is 45.2. The monoisotopic (exact) mass is 569 g/mol. The largest absolute Gasteiger partial charge is 0.494 e. The molecule has 1 aromatic carbocycles. The Morgan fingerprint density at radius 3 is 2.22 bits per heavy atom. The molecule has 0 bridgehead atoms. The third-order valence-electron chi connectivity index (χ3n) is 7.80. The van der Waals surface area contributed by atoms with E-state index in [1.807, 2.05) is 6.07 Å². The van der Waals surface area contributed by atoms with Crippen LogP contribution in [0.2, 0.25) is 0 Å². The molecule has 0 atom stereocenters. The number of likely N-dealkylation sites (N-methyl/N-ethyl adjacent to an activating group) is 1. The Morgan fingerprint density at radius 1 is 0.878 bits per heavy atom. The molecule has 0 unspecified atom stereocenters. The second-order valence-electron chi connectivity index (χ2n) is 10.5. The van der Waals surface area contributed by atoms with E-state index in [9.17, 15) is 8.78 Å². The number of piperazine rings is 1. The van der Waals surface area contributed by atoms with Gasteiger partial charge in [-0.3, -0.25) is 4.90 Å². The van der Waals surface area contributed by atoms with Crippen molar-refractivity contribution < 1.29 is 23.0 Å². The number of hydrogen-bond donors (Lipinski definition) is 1. The van der Waals surface area contributed by atoms with Gasteiger partial charge in [-0.25, -0.2) is 23.7 Å². The van der Waals surface area contributed by atoms with Gasteiger partial charge in [-0.15, -0.1) is 0 Å². The van der Waals surface area contributed by atoms with E-state index < -0.39 is 11.6 Å². The van der Waals surface area contributed by atoms with Crippen LogP contribution in [0.3, 0.4) is 0 Å². The average Bonchev–Trinajstić information content (AvgIpc) is 3.00. The number of nitrogens with one attached hydrogen (secondary N) is 1. The van der Waals surface area contributed by atoms with Gasteiger partial charge in [0.15, 0.2) is 28.9 Å². The van der Waals surface area contributed by atoms with E-state index in [0.717, 1.165) is 57.9 Å². The first-order chi connectivity index (χ1) is 19.9. The van der Waals surface area contributed by atoms with Crippen LogP contribution in [-0.4, -0.2) is 91.3 Å². The maximum absolute atomic E-state index is 14.5. The van der Waals surface area contributed by atoms with Crippen molar-refractivity contribution in [1.29, 1.82) is 0 Å². The Bertz CT molecular complexity index is 1330. The highest BCUT2D eigenvalue weighted by molar-refractivity contribution is 5.62. The van der Waals surface area contributed by atoms with Gasteiger partial charge in [0.1, 0.15) is 12.4 Å². The molecule has 41 heavy (non-hydrogen) atoms. The Hall–Kier alpha value is -3.77. The van der Waals surface area contributed by atoms with Crippen LogP contribution in [0.4, 0.5) is 26.2 Å². The maximum atomic E-state index is 14.5. The third kappa shape index (κ3) is 6.59. The summed E-state index contributed by atoms with van der Waals surface area (Å²) in [6.07, 6.45) is 6.80. The molecule has 12 heteroatoms. The Balaban J connectivity index is 1.18. The van der Waals surface area contributed by atoms with Crippen molar-refractivity contribution in [3.8, 4) is 17.2 Å². The number of nitrogens with zero attached hydrogens (tertiary/aromatic N) is 6. The summed E-state index contributed by atoms with van der Waals surface area (Å²) in [6.45, 7) is 7.61. The summed E-state index contributed by atoms with van der Waals surface area (Å²) in [4.78, 5) is 20.5. The standard InChI is InChI=1S/C29H37F2N7O3/c1-19-13-24(39-3)27(31)23(26(19)30)18-41-22-16-33-29(34-17-22)35-20-14-25(40-4)28(32-15-20)38-7-5-21(6-8-38)37-11-9-36(2)10-12-37/h13-17,21H,5-12,18H2,1-4H3,(H,33,34,35). The van der Waals surface area contributed by atoms with Crippen LogP contribution in [0.1, 0.15) is 24.0 Å². The lowest BCUT2D eigenvalue weighted by Gasteiger charge is -2.42. The number of anilines is 3. The molecule has 2 aliphatic heterocycles. The third-order valence-corrected chi connectivity index (χ3v) is 7.80. The predicted molar refractivity (Wildman–Crippen MR) is 152 cm³/mol. The highest BCUT2D eigenvalue weighted by atomic mass is 19.1. The summed E-state index contributed by atoms with van der Waals surface area (Å²) >= 11 is 0. The molecule has 0 radical (unpaired) electrons. The smallest absolute Gasteiger partial charge is 0.227 e. The molecule has 0 amide bonds. The van der Waals surface area contributed by atoms with Gasteiger partial charge in [0, 0.05) is 51.4 Å². The van der Waals surface area contributed by atoms with Gasteiger partial charge in [-0.1, -0.05) is 0 Å². The van der Waals surface area contributed by atoms with Crippen LogP contribution >= 0.6 is 0 Å². The fourth-order valence-electron chi connectivity index (χ4n) is 5.34. The molecular formula is C29H37F2N7O3. The number of rotatable bonds is 9. The lowest BCUT2D eigenvalue weighted by molar-refractivity contribution is 0.0980. The number of methoxy groups -OCH3 is 2. The fourth-order valence-corrected chi connectivity index (χ4v) is 5.34. The van der Waals surface area contributed by atoms with E-state index in [0.29, 0.717) is 23.4 Å². The van der Waals surface area contributed by atoms with Crippen LogP contribution < -0.4 is 24.4 Å². The van der Waals surface area contributed by atoms with E-state index in [2.05, 4.69) is 37.0 Å². The first-order valence-corrected chi connectivity index (χ1v) is 13.8. The molecule has 3 aromatic rings. The van der Waals surface area contributed by atoms with E-state index in [4.69, 9.17) is 19.2 Å². The van der Waals surface area contributed by atoms with Crippen molar-refractivity contribution in [2.45, 2.75) is 32.4 Å². The number of piperidine rings is 1. The van der Waals surface area contributed by atoms with Crippen molar-refractivity contribution in [3.63, 3.8) is 0 Å². The van der Waals surface area contributed by atoms with E-state index in [1.165, 1.54) is 32.5 Å². The highest BCUT2D eigenvalue weighted by Crippen LogP contribution is 2.32. The van der Waals surface area contributed by atoms with Crippen molar-refractivity contribution in [2.24, 2.45) is 0 Å². The molecule has 2 fully saturated rings. The molecule has 5 rings (SSSR count). The number of hydrogen-bond acceptors (Lipinski definition) is 10. The van der Waals surface area contributed by atoms with Crippen LogP contribution in [0, 0.1) is 18.6 Å². The zero-order chi connectivity index (χ0) is 28.9. The molecule has 1 N–H and O–H groups in total. The first-order valence-electron chi connectivity index (χ1n) is 13.8. The molecule has 2 aliphatic rings. The van der Waals surface area contributed by atoms with Gasteiger partial charge in [0.05, 0.1) is 44.1 Å². The number of benzene rings is 1. The van der Waals surface area contributed by atoms with Gasteiger partial charge >= 0.3 is 0 Å². The topological polar surface area (TPSA) is 88.1 Å². The van der Waals surface area contributed by atoms with E-state index in [1.54, 1.807) is 13.3 Å². The number of aromatic nitrogens is 3. The Kier molecular flexibility index (Phi) is 8.99. The summed E-state index contributed by atoms with van der Waals surface area (Å²) in [6, 6.07) is 3.80. The van der Waals surface area contributed by atoms with Crippen molar-refractivity contribution >= 4 is 17.5 Å². The second-order valence-corrected chi connectivity index (χ2v) is 10.5. The minimum Gasteiger partial charge on any atom is -0.494 e. The molecule has 0 saturated carbocycles. The normalized spacial score (nSPS) is 17.0. The highest BCUT2D eigenvalue weighted by Gasteiger charge is 2.28. The maximum Gasteiger partial charge on any atom is 0.227 e. The lowest BCUT2D eigenvalue weighted by Crippen LogP contribution is -2.52. The average molecular weight is 570 g/mol.